The van der Waals surface area contributed by atoms with Gasteiger partial charge in [-0.1, -0.05) is 13.0 Å². The number of nitrogen functional groups attached to an aromatic ring is 1. The molecule has 5 nitrogen and oxygen atoms in total. The van der Waals surface area contributed by atoms with Crippen LogP contribution in [0.25, 0.3) is 0 Å². The summed E-state index contributed by atoms with van der Waals surface area (Å²) in [6.07, 6.45) is 4.52. The minimum atomic E-state index is -0.541. The van der Waals surface area contributed by atoms with Gasteiger partial charge in [0.1, 0.15) is 5.82 Å². The highest BCUT2D eigenvalue weighted by atomic mass is 16.5. The van der Waals surface area contributed by atoms with Crippen LogP contribution >= 0.6 is 0 Å². The quantitative estimate of drug-likeness (QED) is 0.889. The monoisotopic (exact) mass is 305 g/mol. The lowest BCUT2D eigenvalue weighted by atomic mass is 9.70. The Hall–Kier alpha value is -1.17. The molecular formula is C17H27N3O2. The molecular weight excluding hydrogens is 278 g/mol. The Balaban J connectivity index is 1.63. The molecule has 3 heterocycles. The molecule has 0 radical (unpaired) electrons. The van der Waals surface area contributed by atoms with Crippen molar-refractivity contribution in [2.24, 2.45) is 11.8 Å². The Morgan fingerprint density at radius 2 is 2.23 bits per heavy atom. The lowest BCUT2D eigenvalue weighted by Gasteiger charge is -2.48. The smallest absolute Gasteiger partial charge is 0.127 e. The summed E-state index contributed by atoms with van der Waals surface area (Å²) < 4.78 is 5.44. The van der Waals surface area contributed by atoms with Gasteiger partial charge in [0, 0.05) is 44.6 Å². The van der Waals surface area contributed by atoms with Gasteiger partial charge in [0.15, 0.2) is 0 Å². The molecule has 0 spiro atoms. The summed E-state index contributed by atoms with van der Waals surface area (Å²) in [7, 11) is 0. The zero-order chi connectivity index (χ0) is 15.6. The molecule has 0 amide bonds. The molecule has 0 aromatic carbocycles. The standard InChI is InChI=1S/C17H27N3O2/c1-13-11-20(12-14-3-2-7-19-16(14)18)8-6-17(13,21)15-4-9-22-10-5-15/h2-3,7,13,15,21H,4-6,8-12H2,1H3,(H2,18,19)/t13-,17+/m1/s1. The van der Waals surface area contributed by atoms with Gasteiger partial charge in [0.05, 0.1) is 5.60 Å². The first kappa shape index (κ1) is 15.7. The number of nitrogens with two attached hydrogens (primary N) is 1. The van der Waals surface area contributed by atoms with Crippen molar-refractivity contribution in [1.82, 2.24) is 9.88 Å². The van der Waals surface area contributed by atoms with E-state index in [0.717, 1.165) is 57.7 Å². The Morgan fingerprint density at radius 3 is 2.91 bits per heavy atom. The van der Waals surface area contributed by atoms with E-state index >= 15 is 0 Å². The third-order valence-electron chi connectivity index (χ3n) is 5.46. The van der Waals surface area contributed by atoms with Crippen LogP contribution in [0.15, 0.2) is 18.3 Å². The largest absolute Gasteiger partial charge is 0.389 e. The predicted octanol–water partition coefficient (Wildman–Crippen LogP) is 1.66. The zero-order valence-electron chi connectivity index (χ0n) is 13.4. The molecule has 0 saturated carbocycles. The van der Waals surface area contributed by atoms with Gasteiger partial charge in [-0.05, 0) is 37.2 Å². The van der Waals surface area contributed by atoms with Crippen LogP contribution in [0.3, 0.4) is 0 Å². The third-order valence-corrected chi connectivity index (χ3v) is 5.46. The number of piperidine rings is 1. The number of rotatable bonds is 3. The van der Waals surface area contributed by atoms with E-state index in [1.807, 2.05) is 12.1 Å². The third kappa shape index (κ3) is 3.12. The molecule has 2 saturated heterocycles. The average molecular weight is 305 g/mol. The van der Waals surface area contributed by atoms with E-state index in [4.69, 9.17) is 10.5 Å². The Kier molecular flexibility index (Phi) is 4.66. The first-order valence-electron chi connectivity index (χ1n) is 8.31. The topological polar surface area (TPSA) is 71.6 Å². The Labute approximate surface area is 132 Å². The number of nitrogens with zero attached hydrogens (tertiary/aromatic N) is 2. The van der Waals surface area contributed by atoms with E-state index in [0.29, 0.717) is 11.7 Å². The summed E-state index contributed by atoms with van der Waals surface area (Å²) in [5, 5.41) is 11.2. The molecule has 3 N–H and O–H groups in total. The number of aliphatic hydroxyl groups is 1. The number of hydrogen-bond donors (Lipinski definition) is 2. The molecule has 2 aliphatic rings. The highest BCUT2D eigenvalue weighted by molar-refractivity contribution is 5.38. The molecule has 3 rings (SSSR count). The molecule has 1 aromatic heterocycles. The van der Waals surface area contributed by atoms with Crippen LogP contribution in [-0.2, 0) is 11.3 Å². The lowest BCUT2D eigenvalue weighted by molar-refractivity contribution is -0.131. The van der Waals surface area contributed by atoms with Crippen molar-refractivity contribution in [3.8, 4) is 0 Å². The minimum absolute atomic E-state index is 0.266. The Morgan fingerprint density at radius 1 is 1.45 bits per heavy atom. The van der Waals surface area contributed by atoms with Crippen LogP contribution in [0, 0.1) is 11.8 Å². The van der Waals surface area contributed by atoms with Crippen LogP contribution in [0.4, 0.5) is 5.82 Å². The van der Waals surface area contributed by atoms with Crippen molar-refractivity contribution in [2.75, 3.05) is 32.0 Å². The normalized spacial score (nSPS) is 31.3. The number of ether oxygens (including phenoxy) is 1. The number of anilines is 1. The second kappa shape index (κ2) is 6.52. The molecule has 0 bridgehead atoms. The van der Waals surface area contributed by atoms with Gasteiger partial charge in [-0.25, -0.2) is 4.98 Å². The second-order valence-corrected chi connectivity index (χ2v) is 6.81. The molecule has 2 fully saturated rings. The van der Waals surface area contributed by atoms with Gasteiger partial charge in [0.25, 0.3) is 0 Å². The molecule has 1 aromatic rings. The fraction of sp³-hybridized carbons (Fsp3) is 0.706. The molecule has 22 heavy (non-hydrogen) atoms. The maximum atomic E-state index is 11.2. The van der Waals surface area contributed by atoms with Gasteiger partial charge < -0.3 is 15.6 Å². The van der Waals surface area contributed by atoms with E-state index in [-0.39, 0.29) is 5.92 Å². The molecule has 0 aliphatic carbocycles. The average Bonchev–Trinajstić information content (AvgIpc) is 2.54. The number of likely N-dealkylation sites (tertiary alicyclic amines) is 1. The fourth-order valence-corrected chi connectivity index (χ4v) is 3.99. The maximum absolute atomic E-state index is 11.2. The van der Waals surface area contributed by atoms with Crippen LogP contribution in [-0.4, -0.2) is 46.9 Å². The van der Waals surface area contributed by atoms with Crippen LogP contribution in [0.2, 0.25) is 0 Å². The van der Waals surface area contributed by atoms with E-state index in [2.05, 4.69) is 16.8 Å². The number of pyridine rings is 1. The molecule has 0 unspecified atom stereocenters. The van der Waals surface area contributed by atoms with Crippen LogP contribution < -0.4 is 5.73 Å². The lowest BCUT2D eigenvalue weighted by Crippen LogP contribution is -2.55. The van der Waals surface area contributed by atoms with Crippen LogP contribution in [0.1, 0.15) is 31.7 Å². The van der Waals surface area contributed by atoms with E-state index in [1.54, 1.807) is 6.20 Å². The SMILES string of the molecule is C[C@@H]1CN(Cc2cccnc2N)CC[C@@]1(O)C1CCOCC1. The molecule has 2 aliphatic heterocycles. The van der Waals surface area contributed by atoms with Crippen molar-refractivity contribution >= 4 is 5.82 Å². The van der Waals surface area contributed by atoms with Gasteiger partial charge in [-0.15, -0.1) is 0 Å². The van der Waals surface area contributed by atoms with Gasteiger partial charge in [0.2, 0.25) is 0 Å². The second-order valence-electron chi connectivity index (χ2n) is 6.81. The van der Waals surface area contributed by atoms with Crippen molar-refractivity contribution in [3.63, 3.8) is 0 Å². The number of aromatic nitrogens is 1. The first-order valence-corrected chi connectivity index (χ1v) is 8.31. The highest BCUT2D eigenvalue weighted by Crippen LogP contribution is 2.39. The van der Waals surface area contributed by atoms with Gasteiger partial charge >= 0.3 is 0 Å². The van der Waals surface area contributed by atoms with E-state index in [9.17, 15) is 5.11 Å². The van der Waals surface area contributed by atoms with Crippen molar-refractivity contribution in [2.45, 2.75) is 38.3 Å². The first-order chi connectivity index (χ1) is 10.6. The summed E-state index contributed by atoms with van der Waals surface area (Å²) in [6, 6.07) is 3.96. The van der Waals surface area contributed by atoms with E-state index in [1.165, 1.54) is 0 Å². The predicted molar refractivity (Wildman–Crippen MR) is 86.2 cm³/mol. The molecule has 122 valence electrons. The van der Waals surface area contributed by atoms with Gasteiger partial charge in [-0.3, -0.25) is 4.90 Å². The van der Waals surface area contributed by atoms with E-state index < -0.39 is 5.60 Å². The Bertz CT molecular complexity index is 504. The van der Waals surface area contributed by atoms with Crippen molar-refractivity contribution in [1.29, 1.82) is 0 Å². The minimum Gasteiger partial charge on any atom is -0.389 e. The highest BCUT2D eigenvalue weighted by Gasteiger charge is 2.45. The summed E-state index contributed by atoms with van der Waals surface area (Å²) >= 11 is 0. The van der Waals surface area contributed by atoms with Gasteiger partial charge in [-0.2, -0.15) is 0 Å². The zero-order valence-corrected chi connectivity index (χ0v) is 13.4. The molecule has 2 atom stereocenters. The van der Waals surface area contributed by atoms with Crippen molar-refractivity contribution < 1.29 is 9.84 Å². The summed E-state index contributed by atoms with van der Waals surface area (Å²) in [4.78, 5) is 6.53. The fourth-order valence-electron chi connectivity index (χ4n) is 3.99. The summed E-state index contributed by atoms with van der Waals surface area (Å²) in [5.74, 6) is 1.25. The summed E-state index contributed by atoms with van der Waals surface area (Å²) in [6.45, 7) is 6.38. The van der Waals surface area contributed by atoms with Crippen LogP contribution in [0.5, 0.6) is 0 Å². The summed E-state index contributed by atoms with van der Waals surface area (Å²) in [5.41, 5.74) is 6.48. The molecule has 5 heteroatoms. The maximum Gasteiger partial charge on any atom is 0.127 e. The number of hydrogen-bond acceptors (Lipinski definition) is 5. The van der Waals surface area contributed by atoms with Crippen molar-refractivity contribution in [3.05, 3.63) is 23.9 Å².